The fraction of sp³-hybridized carbons (Fsp3) is 0.700. The predicted molar refractivity (Wildman–Crippen MR) is 63.9 cm³/mol. The van der Waals surface area contributed by atoms with Gasteiger partial charge in [-0.2, -0.15) is 0 Å². The maximum absolute atomic E-state index is 11.5. The second-order valence-corrected chi connectivity index (χ2v) is 6.09. The molecule has 0 amide bonds. The molecule has 1 aromatic rings. The zero-order valence-corrected chi connectivity index (χ0v) is 10.6. The number of sulfone groups is 1. The highest BCUT2D eigenvalue weighted by molar-refractivity contribution is 7.91. The molecule has 1 N–H and O–H groups in total. The fourth-order valence-corrected chi connectivity index (χ4v) is 2.77. The van der Waals surface area contributed by atoms with Crippen molar-refractivity contribution in [1.29, 1.82) is 0 Å². The maximum Gasteiger partial charge on any atom is 0.152 e. The topological polar surface area (TPSA) is 64.0 Å². The Morgan fingerprint density at radius 3 is 2.81 bits per heavy atom. The minimum absolute atomic E-state index is 0.191. The Kier molecular flexibility index (Phi) is 4.95. The van der Waals surface area contributed by atoms with Crippen LogP contribution in [0.25, 0.3) is 0 Å². The third kappa shape index (κ3) is 4.32. The minimum Gasteiger partial charge on any atom is -0.336 e. The molecular formula is C10H19N3O2S. The number of aryl methyl sites for hydroxylation is 1. The monoisotopic (exact) mass is 245 g/mol. The second-order valence-electron chi connectivity index (χ2n) is 3.78. The summed E-state index contributed by atoms with van der Waals surface area (Å²) in [5, 5.41) is 3.00. The molecule has 0 unspecified atom stereocenters. The van der Waals surface area contributed by atoms with Crippen molar-refractivity contribution >= 4 is 9.84 Å². The summed E-state index contributed by atoms with van der Waals surface area (Å²) in [5.41, 5.74) is 0.926. The quantitative estimate of drug-likeness (QED) is 0.756. The van der Waals surface area contributed by atoms with E-state index < -0.39 is 9.84 Å². The first-order chi connectivity index (χ1) is 7.57. The SMILES string of the molecule is CCCS(=O)(=O)CCn1cnc(CNC)c1. The van der Waals surface area contributed by atoms with Gasteiger partial charge in [-0.15, -0.1) is 0 Å². The van der Waals surface area contributed by atoms with Crippen molar-refractivity contribution in [3.05, 3.63) is 18.2 Å². The molecule has 0 saturated heterocycles. The summed E-state index contributed by atoms with van der Waals surface area (Å²) in [6.45, 7) is 3.06. The number of hydrogen-bond acceptors (Lipinski definition) is 4. The van der Waals surface area contributed by atoms with Gasteiger partial charge in [-0.3, -0.25) is 0 Å². The van der Waals surface area contributed by atoms with Gasteiger partial charge in [0.05, 0.1) is 17.8 Å². The fourth-order valence-electron chi connectivity index (χ4n) is 1.46. The van der Waals surface area contributed by atoms with E-state index >= 15 is 0 Å². The molecule has 1 aromatic heterocycles. The lowest BCUT2D eigenvalue weighted by atomic mass is 10.5. The molecular weight excluding hydrogens is 226 g/mol. The molecule has 0 aliphatic heterocycles. The largest absolute Gasteiger partial charge is 0.336 e. The van der Waals surface area contributed by atoms with E-state index in [9.17, 15) is 8.42 Å². The smallest absolute Gasteiger partial charge is 0.152 e. The first kappa shape index (κ1) is 13.2. The summed E-state index contributed by atoms with van der Waals surface area (Å²) >= 11 is 0. The van der Waals surface area contributed by atoms with Crippen LogP contribution in [0.2, 0.25) is 0 Å². The first-order valence-electron chi connectivity index (χ1n) is 5.43. The summed E-state index contributed by atoms with van der Waals surface area (Å²) in [6.07, 6.45) is 4.23. The van der Waals surface area contributed by atoms with Crippen LogP contribution in [0.3, 0.4) is 0 Å². The summed E-state index contributed by atoms with van der Waals surface area (Å²) in [7, 11) is -1.05. The highest BCUT2D eigenvalue weighted by Crippen LogP contribution is 1.99. The normalized spacial score (nSPS) is 11.9. The number of rotatable bonds is 7. The van der Waals surface area contributed by atoms with Crippen molar-refractivity contribution in [2.24, 2.45) is 0 Å². The Bertz CT molecular complexity index is 411. The van der Waals surface area contributed by atoms with Gasteiger partial charge in [0.1, 0.15) is 0 Å². The Hall–Kier alpha value is -0.880. The molecule has 0 aliphatic carbocycles. The lowest BCUT2D eigenvalue weighted by Crippen LogP contribution is -2.15. The third-order valence-corrected chi connectivity index (χ3v) is 4.06. The van der Waals surface area contributed by atoms with Crippen LogP contribution in [0.5, 0.6) is 0 Å². The van der Waals surface area contributed by atoms with E-state index in [-0.39, 0.29) is 11.5 Å². The van der Waals surface area contributed by atoms with Gasteiger partial charge in [0.15, 0.2) is 9.84 Å². The van der Waals surface area contributed by atoms with Crippen LogP contribution in [-0.4, -0.2) is 36.5 Å². The average Bonchev–Trinajstić information content (AvgIpc) is 2.64. The van der Waals surface area contributed by atoms with Gasteiger partial charge >= 0.3 is 0 Å². The van der Waals surface area contributed by atoms with E-state index in [2.05, 4.69) is 10.3 Å². The Morgan fingerprint density at radius 2 is 2.19 bits per heavy atom. The third-order valence-electron chi connectivity index (χ3n) is 2.22. The summed E-state index contributed by atoms with van der Waals surface area (Å²) in [5.74, 6) is 0.460. The minimum atomic E-state index is -2.90. The van der Waals surface area contributed by atoms with E-state index in [0.717, 1.165) is 5.69 Å². The van der Waals surface area contributed by atoms with Crippen molar-refractivity contribution < 1.29 is 8.42 Å². The van der Waals surface area contributed by atoms with Crippen LogP contribution in [0.4, 0.5) is 0 Å². The lowest BCUT2D eigenvalue weighted by molar-refractivity contribution is 0.587. The van der Waals surface area contributed by atoms with Crippen LogP contribution in [0, 0.1) is 0 Å². The van der Waals surface area contributed by atoms with E-state index in [1.807, 2.05) is 24.7 Å². The molecule has 0 aliphatic rings. The van der Waals surface area contributed by atoms with Gasteiger partial charge in [-0.05, 0) is 13.5 Å². The summed E-state index contributed by atoms with van der Waals surface area (Å²) in [6, 6.07) is 0. The molecule has 0 bridgehead atoms. The molecule has 6 heteroatoms. The Labute approximate surface area is 96.8 Å². The van der Waals surface area contributed by atoms with Crippen LogP contribution < -0.4 is 5.32 Å². The number of nitrogens with one attached hydrogen (secondary N) is 1. The molecule has 5 nitrogen and oxygen atoms in total. The van der Waals surface area contributed by atoms with Gasteiger partial charge in [-0.25, -0.2) is 13.4 Å². The van der Waals surface area contributed by atoms with Gasteiger partial charge in [0.2, 0.25) is 0 Å². The molecule has 0 atom stereocenters. The van der Waals surface area contributed by atoms with E-state index in [4.69, 9.17) is 0 Å². The maximum atomic E-state index is 11.5. The second kappa shape index (κ2) is 6.00. The van der Waals surface area contributed by atoms with E-state index in [1.54, 1.807) is 6.33 Å². The number of nitrogens with zero attached hydrogens (tertiary/aromatic N) is 2. The molecule has 92 valence electrons. The van der Waals surface area contributed by atoms with Crippen molar-refractivity contribution in [3.8, 4) is 0 Å². The highest BCUT2D eigenvalue weighted by atomic mass is 32.2. The standard InChI is InChI=1S/C10H19N3O2S/c1-3-5-16(14,15)6-4-13-8-10(7-11-2)12-9-13/h8-9,11H,3-7H2,1-2H3. The molecule has 0 aromatic carbocycles. The van der Waals surface area contributed by atoms with Crippen LogP contribution in [0.1, 0.15) is 19.0 Å². The first-order valence-corrected chi connectivity index (χ1v) is 7.25. The van der Waals surface area contributed by atoms with Crippen LogP contribution >= 0.6 is 0 Å². The van der Waals surface area contributed by atoms with Crippen LogP contribution in [0.15, 0.2) is 12.5 Å². The molecule has 16 heavy (non-hydrogen) atoms. The van der Waals surface area contributed by atoms with Gasteiger partial charge in [-0.1, -0.05) is 6.92 Å². The lowest BCUT2D eigenvalue weighted by Gasteiger charge is -2.03. The Balaban J connectivity index is 2.48. The van der Waals surface area contributed by atoms with Crippen molar-refractivity contribution in [2.45, 2.75) is 26.4 Å². The number of imidazole rings is 1. The summed E-state index contributed by atoms with van der Waals surface area (Å²) < 4.78 is 24.8. The molecule has 0 fully saturated rings. The summed E-state index contributed by atoms with van der Waals surface area (Å²) in [4.78, 5) is 4.16. The molecule has 1 heterocycles. The molecule has 0 radical (unpaired) electrons. The van der Waals surface area contributed by atoms with Crippen LogP contribution in [-0.2, 0) is 22.9 Å². The van der Waals surface area contributed by atoms with E-state index in [1.165, 1.54) is 0 Å². The van der Waals surface area contributed by atoms with Crippen molar-refractivity contribution in [1.82, 2.24) is 14.9 Å². The van der Waals surface area contributed by atoms with Gasteiger partial charge < -0.3 is 9.88 Å². The zero-order chi connectivity index (χ0) is 12.0. The van der Waals surface area contributed by atoms with Gasteiger partial charge in [0, 0.05) is 25.0 Å². The molecule has 0 spiro atoms. The average molecular weight is 245 g/mol. The predicted octanol–water partition coefficient (Wildman–Crippen LogP) is 0.427. The zero-order valence-electron chi connectivity index (χ0n) is 9.81. The number of hydrogen-bond donors (Lipinski definition) is 1. The van der Waals surface area contributed by atoms with Crippen molar-refractivity contribution in [2.75, 3.05) is 18.6 Å². The van der Waals surface area contributed by atoms with Gasteiger partial charge in [0.25, 0.3) is 0 Å². The number of aromatic nitrogens is 2. The Morgan fingerprint density at radius 1 is 1.44 bits per heavy atom. The molecule has 1 rings (SSSR count). The van der Waals surface area contributed by atoms with E-state index in [0.29, 0.717) is 19.5 Å². The molecule has 0 saturated carbocycles. The highest BCUT2D eigenvalue weighted by Gasteiger charge is 2.09. The van der Waals surface area contributed by atoms with Crippen molar-refractivity contribution in [3.63, 3.8) is 0 Å².